The van der Waals surface area contributed by atoms with Gasteiger partial charge in [0.05, 0.1) is 12.0 Å². The van der Waals surface area contributed by atoms with Gasteiger partial charge in [-0.3, -0.25) is 0 Å². The van der Waals surface area contributed by atoms with Gasteiger partial charge in [-0.2, -0.15) is 0 Å². The number of hydrogen-bond donors (Lipinski definition) is 1. The number of esters is 1. The molecular weight excluding hydrogens is 266 g/mol. The third kappa shape index (κ3) is 1.92. The predicted octanol–water partition coefficient (Wildman–Crippen LogP) is 2.54. The molecule has 0 radical (unpaired) electrons. The summed E-state index contributed by atoms with van der Waals surface area (Å²) in [7, 11) is 0. The van der Waals surface area contributed by atoms with Gasteiger partial charge >= 0.3 is 5.97 Å². The van der Waals surface area contributed by atoms with E-state index < -0.39 is 5.60 Å². The number of rotatable bonds is 1. The van der Waals surface area contributed by atoms with Gasteiger partial charge in [0, 0.05) is 18.5 Å². The van der Waals surface area contributed by atoms with Crippen molar-refractivity contribution in [2.75, 3.05) is 5.32 Å². The van der Waals surface area contributed by atoms with E-state index in [1.807, 2.05) is 30.5 Å². The number of fused-ring (bicyclic) bond motifs is 2. The third-order valence-electron chi connectivity index (χ3n) is 4.11. The number of carbonyl (C=O) groups excluding carboxylic acids is 1. The highest BCUT2D eigenvalue weighted by atomic mass is 16.6. The van der Waals surface area contributed by atoms with Crippen molar-refractivity contribution < 1.29 is 9.53 Å². The van der Waals surface area contributed by atoms with E-state index in [4.69, 9.17) is 4.74 Å². The van der Waals surface area contributed by atoms with E-state index in [1.54, 1.807) is 6.33 Å². The molecule has 0 spiro atoms. The lowest BCUT2D eigenvalue weighted by molar-refractivity contribution is -0.00846. The highest BCUT2D eigenvalue weighted by molar-refractivity contribution is 5.90. The minimum Gasteiger partial charge on any atom is -0.455 e. The lowest BCUT2D eigenvalue weighted by atomic mass is 9.98. The molecule has 2 aromatic rings. The van der Waals surface area contributed by atoms with Gasteiger partial charge in [0.2, 0.25) is 0 Å². The van der Waals surface area contributed by atoms with E-state index >= 15 is 0 Å². The molecule has 1 N–H and O–H groups in total. The van der Waals surface area contributed by atoms with Crippen molar-refractivity contribution >= 4 is 11.7 Å². The molecule has 1 atom stereocenters. The van der Waals surface area contributed by atoms with Crippen molar-refractivity contribution in [2.45, 2.75) is 38.5 Å². The van der Waals surface area contributed by atoms with Gasteiger partial charge in [0.1, 0.15) is 11.8 Å². The zero-order valence-corrected chi connectivity index (χ0v) is 12.1. The lowest BCUT2D eigenvalue weighted by Crippen LogP contribution is -2.37. The number of nitrogens with zero attached hydrogens (tertiary/aromatic N) is 2. The second-order valence-corrected chi connectivity index (χ2v) is 6.29. The van der Waals surface area contributed by atoms with Crippen LogP contribution in [0.4, 0.5) is 5.69 Å². The van der Waals surface area contributed by atoms with Crippen molar-refractivity contribution in [1.82, 2.24) is 9.55 Å². The average molecular weight is 283 g/mol. The molecule has 1 aromatic heterocycles. The molecule has 2 aliphatic rings. The maximum atomic E-state index is 12.3. The average Bonchev–Trinajstić information content (AvgIpc) is 2.99. The number of benzene rings is 1. The summed E-state index contributed by atoms with van der Waals surface area (Å²) < 4.78 is 7.42. The van der Waals surface area contributed by atoms with Crippen molar-refractivity contribution in [3.8, 4) is 0 Å². The summed E-state index contributed by atoms with van der Waals surface area (Å²) in [6.45, 7) is 3.83. The summed E-state index contributed by atoms with van der Waals surface area (Å²) in [6, 6.07) is 8.20. The number of anilines is 1. The van der Waals surface area contributed by atoms with Gasteiger partial charge in [-0.1, -0.05) is 18.2 Å². The number of para-hydroxylation sites is 1. The Morgan fingerprint density at radius 1 is 1.38 bits per heavy atom. The molecular formula is C16H17N3O2. The Kier molecular flexibility index (Phi) is 2.43. The standard InChI is InChI=1S/C16H17N3O2/c1-16(2)8-12-14(15(20)21-16)19(9-17-12)13-7-10-5-3-4-6-11(10)18-13/h3-6,9,13,18H,7-8H2,1-2H3. The molecule has 0 saturated carbocycles. The van der Waals surface area contributed by atoms with Crippen molar-refractivity contribution in [2.24, 2.45) is 0 Å². The molecule has 0 saturated heterocycles. The van der Waals surface area contributed by atoms with Crippen LogP contribution in [0.2, 0.25) is 0 Å². The molecule has 1 unspecified atom stereocenters. The molecule has 1 aromatic carbocycles. The summed E-state index contributed by atoms with van der Waals surface area (Å²) in [5, 5.41) is 3.44. The quantitative estimate of drug-likeness (QED) is 0.817. The number of imidazole rings is 1. The Hall–Kier alpha value is -2.30. The van der Waals surface area contributed by atoms with E-state index in [2.05, 4.69) is 22.4 Å². The van der Waals surface area contributed by atoms with Crippen LogP contribution in [0, 0.1) is 0 Å². The first kappa shape index (κ1) is 12.4. The van der Waals surface area contributed by atoms with Gasteiger partial charge < -0.3 is 14.6 Å². The Labute approximate surface area is 122 Å². The minimum atomic E-state index is -0.477. The monoisotopic (exact) mass is 283 g/mol. The second kappa shape index (κ2) is 4.10. The third-order valence-corrected chi connectivity index (χ3v) is 4.11. The first-order chi connectivity index (χ1) is 10.0. The van der Waals surface area contributed by atoms with Crippen LogP contribution in [0.3, 0.4) is 0 Å². The van der Waals surface area contributed by atoms with Crippen molar-refractivity contribution in [3.05, 3.63) is 47.5 Å². The van der Waals surface area contributed by atoms with Gasteiger partial charge in [0.15, 0.2) is 5.69 Å². The topological polar surface area (TPSA) is 56.2 Å². The highest BCUT2D eigenvalue weighted by Gasteiger charge is 2.37. The summed E-state index contributed by atoms with van der Waals surface area (Å²) >= 11 is 0. The number of hydrogen-bond acceptors (Lipinski definition) is 4. The molecule has 0 amide bonds. The van der Waals surface area contributed by atoms with Gasteiger partial charge in [0.25, 0.3) is 0 Å². The predicted molar refractivity (Wildman–Crippen MR) is 78.2 cm³/mol. The zero-order valence-electron chi connectivity index (χ0n) is 12.1. The molecule has 0 bridgehead atoms. The van der Waals surface area contributed by atoms with Crippen LogP contribution in [-0.4, -0.2) is 21.1 Å². The minimum absolute atomic E-state index is 0.0208. The van der Waals surface area contributed by atoms with Crippen LogP contribution in [-0.2, 0) is 17.6 Å². The first-order valence-corrected chi connectivity index (χ1v) is 7.17. The maximum absolute atomic E-state index is 12.3. The van der Waals surface area contributed by atoms with E-state index in [9.17, 15) is 4.79 Å². The first-order valence-electron chi connectivity index (χ1n) is 7.17. The highest BCUT2D eigenvalue weighted by Crippen LogP contribution is 2.34. The lowest BCUT2D eigenvalue weighted by Gasteiger charge is -2.30. The molecule has 3 heterocycles. The molecule has 108 valence electrons. The Morgan fingerprint density at radius 2 is 2.19 bits per heavy atom. The van der Waals surface area contributed by atoms with Crippen LogP contribution >= 0.6 is 0 Å². The Morgan fingerprint density at radius 3 is 3.00 bits per heavy atom. The fourth-order valence-corrected chi connectivity index (χ4v) is 3.17. The van der Waals surface area contributed by atoms with Gasteiger partial charge in [-0.15, -0.1) is 0 Å². The Bertz CT molecular complexity index is 708. The van der Waals surface area contributed by atoms with E-state index in [1.165, 1.54) is 5.56 Å². The van der Waals surface area contributed by atoms with Crippen LogP contribution in [0.1, 0.15) is 41.8 Å². The maximum Gasteiger partial charge on any atom is 0.357 e. The molecule has 2 aliphatic heterocycles. The molecule has 21 heavy (non-hydrogen) atoms. The van der Waals surface area contributed by atoms with Crippen molar-refractivity contribution in [3.63, 3.8) is 0 Å². The number of nitrogens with one attached hydrogen (secondary N) is 1. The zero-order chi connectivity index (χ0) is 14.6. The summed E-state index contributed by atoms with van der Waals surface area (Å²) in [4.78, 5) is 16.7. The summed E-state index contributed by atoms with van der Waals surface area (Å²) in [5.41, 5.74) is 3.31. The molecule has 0 fully saturated rings. The molecule has 0 aliphatic carbocycles. The van der Waals surface area contributed by atoms with Crippen LogP contribution in [0.5, 0.6) is 0 Å². The normalized spacial score (nSPS) is 22.2. The number of cyclic esters (lactones) is 1. The van der Waals surface area contributed by atoms with Crippen LogP contribution < -0.4 is 5.32 Å². The number of aromatic nitrogens is 2. The Balaban J connectivity index is 1.71. The molecule has 4 rings (SSSR count). The largest absolute Gasteiger partial charge is 0.455 e. The molecule has 5 nitrogen and oxygen atoms in total. The summed E-state index contributed by atoms with van der Waals surface area (Å²) in [6.07, 6.45) is 3.26. The number of carbonyl (C=O) groups is 1. The van der Waals surface area contributed by atoms with Crippen molar-refractivity contribution in [1.29, 1.82) is 0 Å². The van der Waals surface area contributed by atoms with E-state index in [0.717, 1.165) is 17.8 Å². The van der Waals surface area contributed by atoms with Gasteiger partial charge in [-0.25, -0.2) is 9.78 Å². The fraction of sp³-hybridized carbons (Fsp3) is 0.375. The van der Waals surface area contributed by atoms with Gasteiger partial charge in [-0.05, 0) is 25.5 Å². The summed E-state index contributed by atoms with van der Waals surface area (Å²) in [5.74, 6) is -0.281. The SMILES string of the molecule is CC1(C)Cc2ncn(C3Cc4ccccc4N3)c2C(=O)O1. The molecule has 5 heteroatoms. The smallest absolute Gasteiger partial charge is 0.357 e. The fourth-order valence-electron chi connectivity index (χ4n) is 3.17. The van der Waals surface area contributed by atoms with E-state index in [0.29, 0.717) is 12.1 Å². The van der Waals surface area contributed by atoms with Crippen LogP contribution in [0.25, 0.3) is 0 Å². The van der Waals surface area contributed by atoms with Crippen LogP contribution in [0.15, 0.2) is 30.6 Å². The second-order valence-electron chi connectivity index (χ2n) is 6.29. The number of ether oxygens (including phenoxy) is 1. The van der Waals surface area contributed by atoms with E-state index in [-0.39, 0.29) is 12.1 Å².